The first kappa shape index (κ1) is 14.8. The Labute approximate surface area is 107 Å². The molecular weight excluding hydrogens is 236 g/mol. The fourth-order valence-corrected chi connectivity index (χ4v) is 2.13. The van der Waals surface area contributed by atoms with Gasteiger partial charge in [-0.2, -0.15) is 0 Å². The third-order valence-corrected chi connectivity index (χ3v) is 3.19. The van der Waals surface area contributed by atoms with Crippen molar-refractivity contribution in [2.75, 3.05) is 26.8 Å². The number of methoxy groups -OCH3 is 1. The van der Waals surface area contributed by atoms with E-state index in [4.69, 9.17) is 9.84 Å². The van der Waals surface area contributed by atoms with Gasteiger partial charge < -0.3 is 20.1 Å². The number of carboxylic acid groups (broad SMARTS) is 1. The summed E-state index contributed by atoms with van der Waals surface area (Å²) in [4.78, 5) is 24.6. The van der Waals surface area contributed by atoms with E-state index in [1.54, 1.807) is 25.9 Å². The lowest BCUT2D eigenvalue weighted by molar-refractivity contribution is -0.140. The maximum absolute atomic E-state index is 11.9. The molecule has 1 aliphatic heterocycles. The second-order valence-corrected chi connectivity index (χ2v) is 5.07. The van der Waals surface area contributed by atoms with E-state index in [2.05, 4.69) is 5.32 Å². The summed E-state index contributed by atoms with van der Waals surface area (Å²) < 4.78 is 5.06. The molecule has 1 fully saturated rings. The second-order valence-electron chi connectivity index (χ2n) is 5.07. The molecule has 2 atom stereocenters. The highest BCUT2D eigenvalue weighted by Gasteiger charge is 2.30. The molecule has 0 bridgehead atoms. The molecule has 1 unspecified atom stereocenters. The highest BCUT2D eigenvalue weighted by Crippen LogP contribution is 2.16. The minimum atomic E-state index is -0.994. The number of carbonyl (C=O) groups excluding carboxylic acids is 1. The smallest absolute Gasteiger partial charge is 0.326 e. The summed E-state index contributed by atoms with van der Waals surface area (Å²) in [5, 5.41) is 11.6. The third kappa shape index (κ3) is 3.87. The van der Waals surface area contributed by atoms with Crippen LogP contribution in [-0.2, 0) is 9.53 Å². The number of nitrogens with zero attached hydrogens (tertiary/aromatic N) is 1. The van der Waals surface area contributed by atoms with E-state index in [0.29, 0.717) is 25.6 Å². The van der Waals surface area contributed by atoms with Crippen molar-refractivity contribution in [3.8, 4) is 0 Å². The van der Waals surface area contributed by atoms with Gasteiger partial charge in [0, 0.05) is 26.1 Å². The number of urea groups is 1. The molecule has 0 aliphatic carbocycles. The first-order valence-corrected chi connectivity index (χ1v) is 6.22. The minimum Gasteiger partial charge on any atom is -0.480 e. The monoisotopic (exact) mass is 258 g/mol. The summed E-state index contributed by atoms with van der Waals surface area (Å²) in [5.41, 5.74) is 0. The Kier molecular flexibility index (Phi) is 5.40. The zero-order valence-electron chi connectivity index (χ0n) is 11.2. The van der Waals surface area contributed by atoms with Crippen molar-refractivity contribution in [2.24, 2.45) is 11.8 Å². The Morgan fingerprint density at radius 3 is 2.67 bits per heavy atom. The normalized spacial score (nSPS) is 21.1. The van der Waals surface area contributed by atoms with Crippen LogP contribution in [0, 0.1) is 11.8 Å². The number of amides is 2. The number of hydrogen-bond acceptors (Lipinski definition) is 3. The van der Waals surface area contributed by atoms with Gasteiger partial charge in [0.05, 0.1) is 6.61 Å². The van der Waals surface area contributed by atoms with Crippen molar-refractivity contribution < 1.29 is 19.4 Å². The standard InChI is InChI=1S/C12H22N2O4/c1-8(2)10(11(15)16)13-12(17)14-5-4-9(6-14)7-18-3/h8-10H,4-7H2,1-3H3,(H,13,17)(H,15,16)/t9?,10-/m1/s1. The Morgan fingerprint density at radius 2 is 2.17 bits per heavy atom. The van der Waals surface area contributed by atoms with Crippen LogP contribution in [0.3, 0.4) is 0 Å². The van der Waals surface area contributed by atoms with Gasteiger partial charge in [0.2, 0.25) is 0 Å². The summed E-state index contributed by atoms with van der Waals surface area (Å²) in [6.07, 6.45) is 0.903. The van der Waals surface area contributed by atoms with Crippen LogP contribution in [0.4, 0.5) is 4.79 Å². The number of nitrogens with one attached hydrogen (secondary N) is 1. The van der Waals surface area contributed by atoms with E-state index in [1.165, 1.54) is 0 Å². The molecule has 0 saturated carbocycles. The maximum atomic E-state index is 11.9. The molecule has 2 N–H and O–H groups in total. The van der Waals surface area contributed by atoms with Crippen LogP contribution < -0.4 is 5.32 Å². The lowest BCUT2D eigenvalue weighted by Crippen LogP contribution is -2.49. The number of carboxylic acids is 1. The zero-order chi connectivity index (χ0) is 13.7. The summed E-state index contributed by atoms with van der Waals surface area (Å²) in [5.74, 6) is -0.780. The molecule has 1 aliphatic rings. The van der Waals surface area contributed by atoms with Crippen LogP contribution in [0.1, 0.15) is 20.3 Å². The molecule has 1 saturated heterocycles. The SMILES string of the molecule is COCC1CCN(C(=O)N[C@@H](C(=O)O)C(C)C)C1. The molecule has 1 heterocycles. The molecule has 6 heteroatoms. The molecular formula is C12H22N2O4. The Balaban J connectivity index is 2.48. The summed E-state index contributed by atoms with van der Waals surface area (Å²) >= 11 is 0. The lowest BCUT2D eigenvalue weighted by atomic mass is 10.1. The molecule has 2 amide bonds. The van der Waals surface area contributed by atoms with Gasteiger partial charge in [-0.15, -0.1) is 0 Å². The molecule has 0 spiro atoms. The van der Waals surface area contributed by atoms with Crippen LogP contribution in [0.5, 0.6) is 0 Å². The van der Waals surface area contributed by atoms with E-state index in [0.717, 1.165) is 6.42 Å². The van der Waals surface area contributed by atoms with E-state index < -0.39 is 12.0 Å². The summed E-state index contributed by atoms with van der Waals surface area (Å²) in [6, 6.07) is -1.13. The van der Waals surface area contributed by atoms with Crippen LogP contribution in [0.15, 0.2) is 0 Å². The van der Waals surface area contributed by atoms with Gasteiger partial charge in [-0.25, -0.2) is 9.59 Å². The number of aliphatic carboxylic acids is 1. The highest BCUT2D eigenvalue weighted by atomic mass is 16.5. The van der Waals surface area contributed by atoms with Gasteiger partial charge in [-0.05, 0) is 12.3 Å². The van der Waals surface area contributed by atoms with E-state index in [1.807, 2.05) is 0 Å². The quantitative estimate of drug-likeness (QED) is 0.763. The summed E-state index contributed by atoms with van der Waals surface area (Å²) in [6.45, 7) is 5.47. The molecule has 0 radical (unpaired) electrons. The molecule has 0 aromatic carbocycles. The predicted molar refractivity (Wildman–Crippen MR) is 66.3 cm³/mol. The number of likely N-dealkylation sites (tertiary alicyclic amines) is 1. The van der Waals surface area contributed by atoms with Gasteiger partial charge in [0.1, 0.15) is 6.04 Å². The first-order valence-electron chi connectivity index (χ1n) is 6.22. The van der Waals surface area contributed by atoms with Crippen molar-refractivity contribution in [1.29, 1.82) is 0 Å². The van der Waals surface area contributed by atoms with E-state index in [-0.39, 0.29) is 11.9 Å². The van der Waals surface area contributed by atoms with Crippen LogP contribution in [-0.4, -0.2) is 54.9 Å². The van der Waals surface area contributed by atoms with Gasteiger partial charge in [0.25, 0.3) is 0 Å². The van der Waals surface area contributed by atoms with E-state index >= 15 is 0 Å². The maximum Gasteiger partial charge on any atom is 0.326 e. The van der Waals surface area contributed by atoms with Crippen LogP contribution >= 0.6 is 0 Å². The van der Waals surface area contributed by atoms with Gasteiger partial charge in [0.15, 0.2) is 0 Å². The lowest BCUT2D eigenvalue weighted by Gasteiger charge is -2.23. The van der Waals surface area contributed by atoms with Crippen molar-refractivity contribution in [2.45, 2.75) is 26.3 Å². The predicted octanol–water partition coefficient (Wildman–Crippen LogP) is 0.773. The van der Waals surface area contributed by atoms with Gasteiger partial charge in [-0.3, -0.25) is 0 Å². The fourth-order valence-electron chi connectivity index (χ4n) is 2.13. The second kappa shape index (κ2) is 6.58. The molecule has 0 aromatic heterocycles. The Hall–Kier alpha value is -1.30. The largest absolute Gasteiger partial charge is 0.480 e. The number of hydrogen-bond donors (Lipinski definition) is 2. The zero-order valence-corrected chi connectivity index (χ0v) is 11.2. The van der Waals surface area contributed by atoms with Crippen LogP contribution in [0.2, 0.25) is 0 Å². The summed E-state index contributed by atoms with van der Waals surface area (Å²) in [7, 11) is 1.64. The average Bonchev–Trinajstić information content (AvgIpc) is 2.73. The van der Waals surface area contributed by atoms with Crippen molar-refractivity contribution in [3.05, 3.63) is 0 Å². The molecule has 0 aromatic rings. The molecule has 6 nitrogen and oxygen atoms in total. The Bertz CT molecular complexity index is 306. The highest BCUT2D eigenvalue weighted by molar-refractivity contribution is 5.82. The third-order valence-electron chi connectivity index (χ3n) is 3.19. The topological polar surface area (TPSA) is 78.9 Å². The minimum absolute atomic E-state index is 0.135. The first-order chi connectivity index (χ1) is 8.45. The van der Waals surface area contributed by atoms with Crippen molar-refractivity contribution in [1.82, 2.24) is 10.2 Å². The van der Waals surface area contributed by atoms with Gasteiger partial charge >= 0.3 is 12.0 Å². The average molecular weight is 258 g/mol. The van der Waals surface area contributed by atoms with Crippen LogP contribution in [0.25, 0.3) is 0 Å². The molecule has 18 heavy (non-hydrogen) atoms. The van der Waals surface area contributed by atoms with Crippen molar-refractivity contribution in [3.63, 3.8) is 0 Å². The number of rotatable bonds is 5. The van der Waals surface area contributed by atoms with Crippen molar-refractivity contribution >= 4 is 12.0 Å². The number of carbonyl (C=O) groups is 2. The van der Waals surface area contributed by atoms with E-state index in [9.17, 15) is 9.59 Å². The van der Waals surface area contributed by atoms with Gasteiger partial charge in [-0.1, -0.05) is 13.8 Å². The number of ether oxygens (including phenoxy) is 1. The molecule has 1 rings (SSSR count). The fraction of sp³-hybridized carbons (Fsp3) is 0.833. The Morgan fingerprint density at radius 1 is 1.50 bits per heavy atom. The molecule has 104 valence electrons.